The van der Waals surface area contributed by atoms with E-state index in [0.29, 0.717) is 25.7 Å². The molecule has 4 radical (unpaired) electrons. The summed E-state index contributed by atoms with van der Waals surface area (Å²) >= 11 is 7.84. The fraction of sp³-hybridized carbons (Fsp3) is 0.312. The largest absolute Gasteiger partial charge is 0.477 e. The van der Waals surface area contributed by atoms with Crippen LogP contribution in [-0.4, -0.2) is 143 Å². The van der Waals surface area contributed by atoms with Crippen LogP contribution >= 0.6 is 56.7 Å². The zero-order valence-corrected chi connectivity index (χ0v) is 76.8. The molecule has 0 saturated heterocycles. The number of aliphatic imine (C=N–C) groups is 5. The molecule has 590 valence electrons. The SMILES string of the molecule is CC(=Nc1ccccc1)c1[c-]scc1.CC(O)CC(C)O.CC(O)CC(C)O.CC(O)CC(C)O.CC(O)CC(C)O.CCCCN=Cc1[c-]scc1.O=C(O)c1ccccn1.[Ir].[Ir].[Ir].[Ir].[Pt].[c-]1sccc1C=Nc1ccccc1.[c-]1sccc1C=Nc1ccccc1.[c-]1sccc1C=Nc1ccccc1. The number of thiophene rings is 5. The van der Waals surface area contributed by atoms with Crippen molar-refractivity contribution in [2.24, 2.45) is 25.0 Å². The van der Waals surface area contributed by atoms with Crippen molar-refractivity contribution >= 4 is 116 Å². The summed E-state index contributed by atoms with van der Waals surface area (Å²) in [4.78, 5) is 35.4. The molecule has 10 rings (SSSR count). The number of hydrogen-bond acceptors (Lipinski definition) is 20. The second-order valence-electron chi connectivity index (χ2n) is 22.3. The number of aliphatic hydroxyl groups is 8. The smallest absolute Gasteiger partial charge is 0.354 e. The zero-order chi connectivity index (χ0) is 74.7. The molecule has 8 unspecified atom stereocenters. The number of rotatable bonds is 21. The number of carbonyl (C=O) groups is 1. The van der Waals surface area contributed by atoms with Crippen molar-refractivity contribution in [3.8, 4) is 0 Å². The van der Waals surface area contributed by atoms with Crippen LogP contribution < -0.4 is 0 Å². The van der Waals surface area contributed by atoms with Gasteiger partial charge in [0.05, 0.1) is 71.6 Å². The van der Waals surface area contributed by atoms with Crippen LogP contribution in [-0.2, 0) is 101 Å². The summed E-state index contributed by atoms with van der Waals surface area (Å²) in [6.45, 7) is 18.4. The zero-order valence-electron chi connectivity index (χ0n) is 60.8. The summed E-state index contributed by atoms with van der Waals surface area (Å²) in [6, 6.07) is 54.4. The van der Waals surface area contributed by atoms with E-state index in [0.717, 1.165) is 62.8 Å². The normalized spacial score (nSPS) is 12.4. The molecule has 0 aliphatic rings. The molecule has 0 fully saturated rings. The molecule has 0 saturated carbocycles. The quantitative estimate of drug-likeness (QED) is 0.0185. The topological polar surface area (TPSA) is 274 Å². The van der Waals surface area contributed by atoms with Crippen LogP contribution in [0.25, 0.3) is 0 Å². The molecule has 0 spiro atoms. The predicted molar refractivity (Wildman–Crippen MR) is 426 cm³/mol. The second-order valence-corrected chi connectivity index (χ2v) is 25.9. The maximum atomic E-state index is 10.1. The van der Waals surface area contributed by atoms with Crippen molar-refractivity contribution in [2.75, 3.05) is 6.54 Å². The second kappa shape index (κ2) is 73.1. The van der Waals surface area contributed by atoms with Gasteiger partial charge in [0.1, 0.15) is 5.69 Å². The van der Waals surface area contributed by atoms with Crippen molar-refractivity contribution in [2.45, 2.75) is 157 Å². The number of nitrogens with zero attached hydrogens (tertiary/aromatic N) is 6. The average molecular weight is 2430 g/mol. The average Bonchev–Trinajstić information content (AvgIpc) is 1.67. The fourth-order valence-corrected chi connectivity index (χ4v) is 10.1. The van der Waals surface area contributed by atoms with Gasteiger partial charge >= 0.3 is 5.97 Å². The minimum atomic E-state index is -0.990. The first-order valence-electron chi connectivity index (χ1n) is 32.7. The molecule has 26 heteroatoms. The van der Waals surface area contributed by atoms with Gasteiger partial charge in [0.15, 0.2) is 0 Å². The van der Waals surface area contributed by atoms with Gasteiger partial charge in [-0.15, -0.1) is 54.7 Å². The number of benzene rings is 4. The number of para-hydroxylation sites is 4. The third-order valence-corrected chi connectivity index (χ3v) is 14.8. The summed E-state index contributed by atoms with van der Waals surface area (Å²) in [5, 5.41) is 102. The number of hydrogen-bond donors (Lipinski definition) is 9. The summed E-state index contributed by atoms with van der Waals surface area (Å²) in [5.41, 5.74) is 10.3. The Morgan fingerprint density at radius 2 is 0.689 bits per heavy atom. The molecule has 0 aliphatic carbocycles. The molecular weight excluding hydrogens is 2330 g/mol. The molecule has 0 amide bonds. The molecule has 0 bridgehead atoms. The third kappa shape index (κ3) is 67.4. The first-order chi connectivity index (χ1) is 48.4. The molecule has 4 aromatic carbocycles. The molecule has 6 heterocycles. The Balaban J connectivity index is -0.000000359. The van der Waals surface area contributed by atoms with Gasteiger partial charge in [-0.2, -0.15) is 30.3 Å². The van der Waals surface area contributed by atoms with E-state index in [2.05, 4.69) is 63.8 Å². The van der Waals surface area contributed by atoms with Crippen molar-refractivity contribution in [1.29, 1.82) is 0 Å². The molecule has 8 atom stereocenters. The number of pyridine rings is 1. The summed E-state index contributed by atoms with van der Waals surface area (Å²) in [5.74, 6) is -0.990. The molecule has 10 aromatic rings. The molecule has 106 heavy (non-hydrogen) atoms. The summed E-state index contributed by atoms with van der Waals surface area (Å²) < 4.78 is 0. The Morgan fingerprint density at radius 1 is 0.406 bits per heavy atom. The molecule has 16 nitrogen and oxygen atoms in total. The number of unbranched alkanes of at least 4 members (excludes halogenated alkanes) is 1. The maximum Gasteiger partial charge on any atom is 0.354 e. The first kappa shape index (κ1) is 110. The summed E-state index contributed by atoms with van der Waals surface area (Å²) in [7, 11) is 0. The van der Waals surface area contributed by atoms with Gasteiger partial charge in [0.25, 0.3) is 0 Å². The van der Waals surface area contributed by atoms with Gasteiger partial charge < -0.3 is 70.9 Å². The van der Waals surface area contributed by atoms with Gasteiger partial charge in [-0.1, -0.05) is 132 Å². The summed E-state index contributed by atoms with van der Waals surface area (Å²) in [6.07, 6.45) is 10.1. The van der Waals surface area contributed by atoms with Crippen molar-refractivity contribution in [3.63, 3.8) is 0 Å². The van der Waals surface area contributed by atoms with Gasteiger partial charge in [0.2, 0.25) is 0 Å². The van der Waals surface area contributed by atoms with E-state index in [4.69, 9.17) is 46.0 Å². The van der Waals surface area contributed by atoms with Crippen molar-refractivity contribution in [1.82, 2.24) is 4.98 Å². The van der Waals surface area contributed by atoms with E-state index in [-0.39, 0.29) is 156 Å². The van der Waals surface area contributed by atoms with Crippen LogP contribution in [0.2, 0.25) is 0 Å². The van der Waals surface area contributed by atoms with Gasteiger partial charge in [0, 0.05) is 114 Å². The van der Waals surface area contributed by atoms with Gasteiger partial charge in [-0.05, 0) is 173 Å². The Kier molecular flexibility index (Phi) is 75.8. The van der Waals surface area contributed by atoms with Crippen LogP contribution in [0.3, 0.4) is 0 Å². The molecule has 9 N–H and O–H groups in total. The van der Waals surface area contributed by atoms with Gasteiger partial charge in [-0.25, -0.2) is 9.78 Å². The number of aliphatic hydroxyl groups excluding tert-OH is 8. The first-order valence-corrected chi connectivity index (χ1v) is 37.1. The third-order valence-electron chi connectivity index (χ3n) is 11.7. The maximum absolute atomic E-state index is 10.1. The molecule has 6 aromatic heterocycles. The number of aromatic carboxylic acids is 1. The Hall–Kier alpha value is -4.68. The van der Waals surface area contributed by atoms with E-state index >= 15 is 0 Å². The van der Waals surface area contributed by atoms with Crippen LogP contribution in [0.4, 0.5) is 22.7 Å². The van der Waals surface area contributed by atoms with E-state index in [1.165, 1.54) is 25.1 Å². The Bertz CT molecular complexity index is 3340. The van der Waals surface area contributed by atoms with E-state index < -0.39 is 5.97 Å². The van der Waals surface area contributed by atoms with Crippen LogP contribution in [0.15, 0.2) is 228 Å². The minimum Gasteiger partial charge on any atom is -0.477 e. The van der Waals surface area contributed by atoms with Crippen molar-refractivity contribution < 1.29 is 152 Å². The Labute approximate surface area is 717 Å². The van der Waals surface area contributed by atoms with E-state index in [9.17, 15) is 4.79 Å². The number of carboxylic acids is 1. The van der Waals surface area contributed by atoms with E-state index in [1.807, 2.05) is 210 Å². The number of aromatic nitrogens is 1. The van der Waals surface area contributed by atoms with Crippen LogP contribution in [0.5, 0.6) is 0 Å². The van der Waals surface area contributed by atoms with Crippen LogP contribution in [0, 0.1) is 26.9 Å². The van der Waals surface area contributed by atoms with E-state index in [1.54, 1.807) is 124 Å². The minimum absolute atomic E-state index is 0. The van der Waals surface area contributed by atoms with Crippen LogP contribution in [0.1, 0.15) is 146 Å². The Morgan fingerprint density at radius 3 is 0.915 bits per heavy atom. The number of carboxylic acid groups (broad SMARTS) is 1. The molecular formula is C80H99Ir4N6O10PtS5-5. The van der Waals surface area contributed by atoms with Crippen molar-refractivity contribution in [3.05, 3.63) is 263 Å². The predicted octanol–water partition coefficient (Wildman–Crippen LogP) is 17.7. The van der Waals surface area contributed by atoms with Gasteiger partial charge in [-0.3, -0.25) is 56.7 Å². The standard InChI is InChI=1S/C12H10NS.3C11H8NS.C9H12NS.C6H5NO2.4C5H12O2.4Ir.Pt/c1-10(11-7-8-14-9-11)13-12-5-3-2-4-6-12;3*1-2-4-11(5-3-1)12-8-10-6-7-13-9-10;1-2-3-5-10-7-9-4-6-11-8-9;8-6(9)5-3-1-2-4-7-5;4*1-4(6)3-5(2)7;;;;;/h2-8H,1H3;3*1-8H;4,6-7H,2-3,5H2,1H3;1-4H,(H,8,9);4*4-7H,3H2,1-2H3;;;;;/q5*-1;;;;;;;;;;. The monoisotopic (exact) mass is 2430 g/mol. The fourth-order valence-electron chi connectivity index (χ4n) is 7.29. The molecule has 0 aliphatic heterocycles.